The lowest BCUT2D eigenvalue weighted by Gasteiger charge is -2.22. The fourth-order valence-electron chi connectivity index (χ4n) is 4.52. The smallest absolute Gasteiger partial charge is 0.407 e. The minimum absolute atomic E-state index is 0.0841. The first-order valence-electron chi connectivity index (χ1n) is 13.3. The predicted molar refractivity (Wildman–Crippen MR) is 161 cm³/mol. The van der Waals surface area contributed by atoms with Gasteiger partial charge in [-0.1, -0.05) is 78.1 Å². The Morgan fingerprint density at radius 3 is 1.81 bits per heavy atom. The van der Waals surface area contributed by atoms with Crippen LogP contribution in [-0.2, 0) is 9.47 Å². The van der Waals surface area contributed by atoms with Gasteiger partial charge in [0.2, 0.25) is 0 Å². The Kier molecular flexibility index (Phi) is 9.09. The summed E-state index contributed by atoms with van der Waals surface area (Å²) >= 11 is 2.70. The van der Waals surface area contributed by atoms with E-state index >= 15 is 0 Å². The number of nitrogens with one attached hydrogen (secondary N) is 1. The lowest BCUT2D eigenvalue weighted by molar-refractivity contribution is 0.0397. The third-order valence-electron chi connectivity index (χ3n) is 6.51. The standard InChI is InChI=1S/C33H27NO6S2/c1-3-34-33(38)40-19-18-39-32(37)21-11-5-7-15-25(21)42-27-17-9-13-23-29(27)31(36)22-12-8-16-26(28(22)30(23)35)41-24-14-6-4-10-20(24)2/h4-17H,3,18-19H2,1-2H3,(H,34,38). The molecule has 5 rings (SSSR count). The van der Waals surface area contributed by atoms with Crippen LogP contribution in [0.1, 0.15) is 54.7 Å². The highest BCUT2D eigenvalue weighted by Crippen LogP contribution is 2.42. The summed E-state index contributed by atoms with van der Waals surface area (Å²) in [5.41, 5.74) is 2.79. The molecule has 1 aliphatic rings. The molecule has 0 radical (unpaired) electrons. The van der Waals surface area contributed by atoms with Crippen molar-refractivity contribution in [2.45, 2.75) is 33.4 Å². The van der Waals surface area contributed by atoms with E-state index < -0.39 is 12.1 Å². The van der Waals surface area contributed by atoms with E-state index in [2.05, 4.69) is 5.32 Å². The molecule has 42 heavy (non-hydrogen) atoms. The van der Waals surface area contributed by atoms with Crippen molar-refractivity contribution in [2.75, 3.05) is 19.8 Å². The van der Waals surface area contributed by atoms with Gasteiger partial charge >= 0.3 is 12.1 Å². The summed E-state index contributed by atoms with van der Waals surface area (Å²) in [6.45, 7) is 4.02. The van der Waals surface area contributed by atoms with Crippen LogP contribution in [0.4, 0.5) is 4.79 Å². The zero-order valence-corrected chi connectivity index (χ0v) is 24.6. The first-order chi connectivity index (χ1) is 20.4. The van der Waals surface area contributed by atoms with E-state index in [1.807, 2.05) is 37.3 Å². The number of carbonyl (C=O) groups is 4. The molecule has 0 saturated carbocycles. The highest BCUT2D eigenvalue weighted by molar-refractivity contribution is 7.99. The largest absolute Gasteiger partial charge is 0.458 e. The Balaban J connectivity index is 1.40. The molecule has 0 aromatic heterocycles. The number of aryl methyl sites for hydroxylation is 1. The van der Waals surface area contributed by atoms with Crippen LogP contribution < -0.4 is 5.32 Å². The van der Waals surface area contributed by atoms with Crippen molar-refractivity contribution in [1.29, 1.82) is 0 Å². The van der Waals surface area contributed by atoms with Gasteiger partial charge < -0.3 is 14.8 Å². The maximum atomic E-state index is 13.9. The number of hydrogen-bond donors (Lipinski definition) is 1. The quantitative estimate of drug-likeness (QED) is 0.144. The second-order valence-corrected chi connectivity index (χ2v) is 11.5. The molecule has 4 aromatic rings. The number of alkyl carbamates (subject to hydrolysis) is 1. The van der Waals surface area contributed by atoms with E-state index in [-0.39, 0.29) is 24.8 Å². The molecule has 0 bridgehead atoms. The van der Waals surface area contributed by atoms with Crippen LogP contribution in [0.2, 0.25) is 0 Å². The van der Waals surface area contributed by atoms with Crippen LogP contribution >= 0.6 is 23.5 Å². The molecule has 0 unspecified atom stereocenters. The number of ether oxygens (including phenoxy) is 2. The van der Waals surface area contributed by atoms with Crippen molar-refractivity contribution in [3.05, 3.63) is 118 Å². The van der Waals surface area contributed by atoms with E-state index in [1.165, 1.54) is 23.5 Å². The van der Waals surface area contributed by atoms with Gasteiger partial charge in [-0.05, 0) is 49.7 Å². The van der Waals surface area contributed by atoms with E-state index in [0.29, 0.717) is 44.2 Å². The summed E-state index contributed by atoms with van der Waals surface area (Å²) in [5, 5.41) is 2.50. The van der Waals surface area contributed by atoms with Crippen molar-refractivity contribution in [1.82, 2.24) is 5.32 Å². The first-order valence-corrected chi connectivity index (χ1v) is 15.0. The van der Waals surface area contributed by atoms with Gasteiger partial charge in [-0.2, -0.15) is 0 Å². The summed E-state index contributed by atoms with van der Waals surface area (Å²) in [7, 11) is 0. The normalized spacial score (nSPS) is 11.9. The Morgan fingerprint density at radius 1 is 0.667 bits per heavy atom. The molecule has 0 heterocycles. The zero-order chi connectivity index (χ0) is 29.6. The third kappa shape index (κ3) is 6.12. The molecular formula is C33H27NO6S2. The second-order valence-electron chi connectivity index (χ2n) is 9.28. The van der Waals surface area contributed by atoms with Gasteiger partial charge in [-0.15, -0.1) is 0 Å². The first kappa shape index (κ1) is 29.2. The maximum Gasteiger partial charge on any atom is 0.407 e. The summed E-state index contributed by atoms with van der Waals surface area (Å²) in [6.07, 6.45) is -0.583. The summed E-state index contributed by atoms with van der Waals surface area (Å²) in [6, 6.07) is 25.3. The summed E-state index contributed by atoms with van der Waals surface area (Å²) < 4.78 is 10.3. The van der Waals surface area contributed by atoms with Crippen molar-refractivity contribution >= 4 is 47.2 Å². The SMILES string of the molecule is CCNC(=O)OCCOC(=O)c1ccccc1Sc1cccc2c1C(=O)c1cccc(Sc3ccccc3C)c1C2=O. The van der Waals surface area contributed by atoms with E-state index in [4.69, 9.17) is 9.47 Å². The Labute approximate surface area is 252 Å². The molecule has 212 valence electrons. The number of esters is 1. The summed E-state index contributed by atoms with van der Waals surface area (Å²) in [4.78, 5) is 55.0. The van der Waals surface area contributed by atoms with Gasteiger partial charge in [0.1, 0.15) is 13.2 Å². The molecule has 0 atom stereocenters. The molecule has 4 aromatic carbocycles. The van der Waals surface area contributed by atoms with Crippen LogP contribution in [0.25, 0.3) is 0 Å². The number of carbonyl (C=O) groups excluding carboxylic acids is 4. The highest BCUT2D eigenvalue weighted by Gasteiger charge is 2.34. The average molecular weight is 598 g/mol. The number of amides is 1. The third-order valence-corrected chi connectivity index (χ3v) is 8.88. The fraction of sp³-hybridized carbons (Fsp3) is 0.152. The van der Waals surface area contributed by atoms with Crippen LogP contribution in [0, 0.1) is 6.92 Å². The van der Waals surface area contributed by atoms with E-state index in [0.717, 1.165) is 15.4 Å². The van der Waals surface area contributed by atoms with Gasteiger partial charge in [-0.3, -0.25) is 9.59 Å². The molecule has 7 nitrogen and oxygen atoms in total. The molecule has 0 fully saturated rings. The topological polar surface area (TPSA) is 98.8 Å². The molecule has 0 saturated heterocycles. The monoisotopic (exact) mass is 597 g/mol. The lowest BCUT2D eigenvalue weighted by Crippen LogP contribution is -2.25. The van der Waals surface area contributed by atoms with Crippen molar-refractivity contribution in [3.8, 4) is 0 Å². The summed E-state index contributed by atoms with van der Waals surface area (Å²) in [5.74, 6) is -1.04. The molecule has 1 amide bonds. The molecule has 0 aliphatic heterocycles. The van der Waals surface area contributed by atoms with Crippen LogP contribution in [0.15, 0.2) is 105 Å². The highest BCUT2D eigenvalue weighted by atomic mass is 32.2. The van der Waals surface area contributed by atoms with Crippen molar-refractivity contribution < 1.29 is 28.7 Å². The average Bonchev–Trinajstić information content (AvgIpc) is 2.99. The second kappa shape index (κ2) is 13.1. The van der Waals surface area contributed by atoms with E-state index in [1.54, 1.807) is 61.5 Å². The van der Waals surface area contributed by atoms with E-state index in [9.17, 15) is 19.2 Å². The predicted octanol–water partition coefficient (Wildman–Crippen LogP) is 6.98. The molecule has 0 spiro atoms. The number of ketones is 2. The molecule has 9 heteroatoms. The lowest BCUT2D eigenvalue weighted by atomic mass is 9.84. The van der Waals surface area contributed by atoms with Gasteiger partial charge in [0.25, 0.3) is 0 Å². The van der Waals surface area contributed by atoms with Crippen LogP contribution in [-0.4, -0.2) is 43.4 Å². The Hall–Kier alpha value is -4.34. The molecule has 1 N–H and O–H groups in total. The minimum atomic E-state index is -0.590. The minimum Gasteiger partial charge on any atom is -0.458 e. The van der Waals surface area contributed by atoms with Crippen molar-refractivity contribution in [3.63, 3.8) is 0 Å². The molecule has 1 aliphatic carbocycles. The zero-order valence-electron chi connectivity index (χ0n) is 23.0. The fourth-order valence-corrected chi connectivity index (χ4v) is 6.68. The number of fused-ring (bicyclic) bond motifs is 2. The van der Waals surface area contributed by atoms with Gasteiger partial charge in [-0.25, -0.2) is 9.59 Å². The number of benzene rings is 4. The van der Waals surface area contributed by atoms with Gasteiger partial charge in [0.15, 0.2) is 11.6 Å². The number of hydrogen-bond acceptors (Lipinski definition) is 8. The van der Waals surface area contributed by atoms with Crippen LogP contribution in [0.3, 0.4) is 0 Å². The molecular weight excluding hydrogens is 570 g/mol. The maximum absolute atomic E-state index is 13.9. The van der Waals surface area contributed by atoms with Crippen molar-refractivity contribution in [2.24, 2.45) is 0 Å². The van der Waals surface area contributed by atoms with Crippen LogP contribution in [0.5, 0.6) is 0 Å². The number of rotatable bonds is 9. The Bertz CT molecular complexity index is 1700. The van der Waals surface area contributed by atoms with Gasteiger partial charge in [0.05, 0.1) is 5.56 Å². The Morgan fingerprint density at radius 2 is 1.19 bits per heavy atom. The van der Waals surface area contributed by atoms with Gasteiger partial charge in [0, 0.05) is 48.4 Å².